The molecule has 0 atom stereocenters. The number of benzene rings is 1. The van der Waals surface area contributed by atoms with Crippen LogP contribution in [0.25, 0.3) is 0 Å². The average Bonchev–Trinajstić information content (AvgIpc) is 2.59. The summed E-state index contributed by atoms with van der Waals surface area (Å²) in [5.74, 6) is 0.149. The Kier molecular flexibility index (Phi) is 5.04. The van der Waals surface area contributed by atoms with Crippen molar-refractivity contribution in [2.45, 2.75) is 45.3 Å². The van der Waals surface area contributed by atoms with Gasteiger partial charge in [-0.3, -0.25) is 4.79 Å². The Labute approximate surface area is 143 Å². The number of urea groups is 1. The Morgan fingerprint density at radius 1 is 1.29 bits per heavy atom. The zero-order valence-corrected chi connectivity index (χ0v) is 14.4. The first kappa shape index (κ1) is 16.8. The highest BCUT2D eigenvalue weighted by molar-refractivity contribution is 5.92. The van der Waals surface area contributed by atoms with E-state index in [1.807, 2.05) is 41.8 Å². The molecule has 2 aliphatic heterocycles. The zero-order valence-electron chi connectivity index (χ0n) is 14.4. The minimum atomic E-state index is -0.0278. The Hall–Kier alpha value is -2.08. The molecule has 2 heterocycles. The van der Waals surface area contributed by atoms with Gasteiger partial charge in [0, 0.05) is 37.4 Å². The standard InChI is InChI=1S/C18H26N4O2/c1-13(2)19-11-17(23)21-9-7-15(8-10-21)22-12-14-5-3-4-6-16(14)20-18(22)24/h3-6,13,15,19H,7-12H2,1-2H3,(H,20,24). The Morgan fingerprint density at radius 3 is 2.71 bits per heavy atom. The SMILES string of the molecule is CC(C)NCC(=O)N1CCC(N2Cc3ccccc3NC2=O)CC1. The van der Waals surface area contributed by atoms with E-state index in [0.29, 0.717) is 32.2 Å². The van der Waals surface area contributed by atoms with Crippen LogP contribution in [0.4, 0.5) is 10.5 Å². The molecule has 2 N–H and O–H groups in total. The van der Waals surface area contributed by atoms with E-state index >= 15 is 0 Å². The fraction of sp³-hybridized carbons (Fsp3) is 0.556. The summed E-state index contributed by atoms with van der Waals surface area (Å²) in [5, 5.41) is 6.14. The molecule has 0 aliphatic carbocycles. The molecule has 24 heavy (non-hydrogen) atoms. The largest absolute Gasteiger partial charge is 0.341 e. The number of carbonyl (C=O) groups is 2. The molecule has 3 amide bonds. The molecule has 6 nitrogen and oxygen atoms in total. The molecule has 0 spiro atoms. The van der Waals surface area contributed by atoms with Crippen molar-refractivity contribution in [3.63, 3.8) is 0 Å². The van der Waals surface area contributed by atoms with Gasteiger partial charge in [-0.05, 0) is 24.5 Å². The van der Waals surface area contributed by atoms with E-state index in [4.69, 9.17) is 0 Å². The molecule has 0 aromatic heterocycles. The smallest absolute Gasteiger partial charge is 0.322 e. The van der Waals surface area contributed by atoms with E-state index in [0.717, 1.165) is 24.1 Å². The van der Waals surface area contributed by atoms with Gasteiger partial charge in [0.05, 0.1) is 6.54 Å². The molecule has 130 valence electrons. The van der Waals surface area contributed by atoms with Crippen LogP contribution in [0, 0.1) is 0 Å². The van der Waals surface area contributed by atoms with Crippen LogP contribution in [-0.2, 0) is 11.3 Å². The summed E-state index contributed by atoms with van der Waals surface area (Å²) >= 11 is 0. The van der Waals surface area contributed by atoms with Gasteiger partial charge in [-0.25, -0.2) is 4.79 Å². The van der Waals surface area contributed by atoms with Crippen molar-refractivity contribution < 1.29 is 9.59 Å². The van der Waals surface area contributed by atoms with Crippen LogP contribution in [0.5, 0.6) is 0 Å². The number of para-hydroxylation sites is 1. The van der Waals surface area contributed by atoms with Crippen molar-refractivity contribution in [1.82, 2.24) is 15.1 Å². The van der Waals surface area contributed by atoms with Gasteiger partial charge < -0.3 is 20.4 Å². The number of likely N-dealkylation sites (tertiary alicyclic amines) is 1. The van der Waals surface area contributed by atoms with Crippen LogP contribution in [0.15, 0.2) is 24.3 Å². The van der Waals surface area contributed by atoms with Gasteiger partial charge >= 0.3 is 6.03 Å². The summed E-state index contributed by atoms with van der Waals surface area (Å²) in [6.07, 6.45) is 1.67. The minimum Gasteiger partial charge on any atom is -0.341 e. The fourth-order valence-corrected chi connectivity index (χ4v) is 3.35. The lowest BCUT2D eigenvalue weighted by molar-refractivity contribution is -0.131. The molecule has 1 fully saturated rings. The van der Waals surface area contributed by atoms with Gasteiger partial charge in [-0.1, -0.05) is 32.0 Å². The second-order valence-corrected chi connectivity index (χ2v) is 6.86. The normalized spacial score (nSPS) is 18.5. The molecule has 3 rings (SSSR count). The minimum absolute atomic E-state index is 0.0278. The molecule has 1 aromatic carbocycles. The van der Waals surface area contributed by atoms with E-state index < -0.39 is 0 Å². The third-order valence-corrected chi connectivity index (χ3v) is 4.78. The summed E-state index contributed by atoms with van der Waals surface area (Å²) in [5.41, 5.74) is 2.06. The summed E-state index contributed by atoms with van der Waals surface area (Å²) in [6.45, 7) is 6.54. The second kappa shape index (κ2) is 7.21. The molecule has 0 saturated carbocycles. The van der Waals surface area contributed by atoms with Crippen LogP contribution in [0.1, 0.15) is 32.3 Å². The molecule has 0 unspecified atom stereocenters. The molecule has 2 aliphatic rings. The molecule has 0 radical (unpaired) electrons. The van der Waals surface area contributed by atoms with Crippen LogP contribution in [-0.4, -0.2) is 53.5 Å². The van der Waals surface area contributed by atoms with Crippen molar-refractivity contribution in [1.29, 1.82) is 0 Å². The topological polar surface area (TPSA) is 64.7 Å². The number of nitrogens with zero attached hydrogens (tertiary/aromatic N) is 2. The summed E-state index contributed by atoms with van der Waals surface area (Å²) < 4.78 is 0. The predicted octanol–water partition coefficient (Wildman–Crippen LogP) is 2.02. The fourth-order valence-electron chi connectivity index (χ4n) is 3.35. The first-order valence-corrected chi connectivity index (χ1v) is 8.71. The van der Waals surface area contributed by atoms with Gasteiger partial charge in [0.1, 0.15) is 0 Å². The van der Waals surface area contributed by atoms with Crippen LogP contribution >= 0.6 is 0 Å². The second-order valence-electron chi connectivity index (χ2n) is 6.86. The monoisotopic (exact) mass is 330 g/mol. The number of anilines is 1. The maximum Gasteiger partial charge on any atom is 0.322 e. The van der Waals surface area contributed by atoms with Crippen molar-refractivity contribution in [2.75, 3.05) is 25.0 Å². The lowest BCUT2D eigenvalue weighted by atomic mass is 10.0. The van der Waals surface area contributed by atoms with Crippen molar-refractivity contribution in [3.05, 3.63) is 29.8 Å². The van der Waals surface area contributed by atoms with E-state index in [1.54, 1.807) is 0 Å². The van der Waals surface area contributed by atoms with Crippen molar-refractivity contribution in [3.8, 4) is 0 Å². The highest BCUT2D eigenvalue weighted by Gasteiger charge is 2.32. The average molecular weight is 330 g/mol. The maximum atomic E-state index is 12.4. The van der Waals surface area contributed by atoms with E-state index in [9.17, 15) is 9.59 Å². The van der Waals surface area contributed by atoms with Crippen molar-refractivity contribution in [2.24, 2.45) is 0 Å². The molecular weight excluding hydrogens is 304 g/mol. The molecular formula is C18H26N4O2. The lowest BCUT2D eigenvalue weighted by Gasteiger charge is -2.40. The van der Waals surface area contributed by atoms with Gasteiger partial charge in [0.25, 0.3) is 0 Å². The van der Waals surface area contributed by atoms with Crippen LogP contribution in [0.3, 0.4) is 0 Å². The van der Waals surface area contributed by atoms with E-state index in [2.05, 4.69) is 16.7 Å². The quantitative estimate of drug-likeness (QED) is 0.888. The number of fused-ring (bicyclic) bond motifs is 1. The van der Waals surface area contributed by atoms with E-state index in [-0.39, 0.29) is 18.0 Å². The van der Waals surface area contributed by atoms with E-state index in [1.165, 1.54) is 0 Å². The summed E-state index contributed by atoms with van der Waals surface area (Å²) in [6, 6.07) is 8.40. The Morgan fingerprint density at radius 2 is 2.00 bits per heavy atom. The number of amides is 3. The number of carbonyl (C=O) groups excluding carboxylic acids is 2. The van der Waals surface area contributed by atoms with Gasteiger partial charge in [0.15, 0.2) is 0 Å². The first-order chi connectivity index (χ1) is 11.5. The zero-order chi connectivity index (χ0) is 17.1. The third kappa shape index (κ3) is 3.70. The lowest BCUT2D eigenvalue weighted by Crippen LogP contribution is -2.52. The van der Waals surface area contributed by atoms with Gasteiger partial charge in [-0.2, -0.15) is 0 Å². The number of piperidine rings is 1. The Bertz CT molecular complexity index is 609. The number of hydrogen-bond acceptors (Lipinski definition) is 3. The number of nitrogens with one attached hydrogen (secondary N) is 2. The van der Waals surface area contributed by atoms with Crippen LogP contribution in [0.2, 0.25) is 0 Å². The van der Waals surface area contributed by atoms with Gasteiger partial charge in [0.2, 0.25) is 5.91 Å². The third-order valence-electron chi connectivity index (χ3n) is 4.78. The summed E-state index contributed by atoms with van der Waals surface area (Å²) in [7, 11) is 0. The molecule has 1 aromatic rings. The Balaban J connectivity index is 1.55. The first-order valence-electron chi connectivity index (χ1n) is 8.71. The number of rotatable bonds is 4. The van der Waals surface area contributed by atoms with Crippen LogP contribution < -0.4 is 10.6 Å². The molecule has 1 saturated heterocycles. The summed E-state index contributed by atoms with van der Waals surface area (Å²) in [4.78, 5) is 28.4. The maximum absolute atomic E-state index is 12.4. The van der Waals surface area contributed by atoms with Crippen molar-refractivity contribution >= 4 is 17.6 Å². The van der Waals surface area contributed by atoms with Gasteiger partial charge in [-0.15, -0.1) is 0 Å². The molecule has 0 bridgehead atoms. The molecule has 6 heteroatoms. The predicted molar refractivity (Wildman–Crippen MR) is 93.7 cm³/mol. The highest BCUT2D eigenvalue weighted by atomic mass is 16.2. The highest BCUT2D eigenvalue weighted by Crippen LogP contribution is 2.27. The number of hydrogen-bond donors (Lipinski definition) is 2.